The van der Waals surface area contributed by atoms with Gasteiger partial charge in [0.2, 0.25) is 5.91 Å². The maximum atomic E-state index is 13.5. The van der Waals surface area contributed by atoms with Gasteiger partial charge >= 0.3 is 6.03 Å². The first-order chi connectivity index (χ1) is 20.9. The van der Waals surface area contributed by atoms with Crippen LogP contribution in [0.4, 0.5) is 20.6 Å². The van der Waals surface area contributed by atoms with Gasteiger partial charge in [0.25, 0.3) is 10.0 Å². The van der Waals surface area contributed by atoms with Crippen molar-refractivity contribution in [2.24, 2.45) is 5.92 Å². The Labute approximate surface area is 256 Å². The molecule has 1 aliphatic heterocycles. The number of sulfonamides is 1. The predicted octanol–water partition coefficient (Wildman–Crippen LogP) is 3.95. The van der Waals surface area contributed by atoms with Gasteiger partial charge in [0.05, 0.1) is 37.6 Å². The summed E-state index contributed by atoms with van der Waals surface area (Å²) in [6, 6.07) is 15.1. The molecule has 3 aromatic carbocycles. The molecule has 236 valence electrons. The molecular weight excluding hydrogens is 591 g/mol. The van der Waals surface area contributed by atoms with E-state index >= 15 is 0 Å². The second-order valence-electron chi connectivity index (χ2n) is 10.8. The van der Waals surface area contributed by atoms with E-state index in [0.717, 1.165) is 0 Å². The minimum Gasteiger partial charge on any atom is -0.497 e. The van der Waals surface area contributed by atoms with Gasteiger partial charge in [-0.3, -0.25) is 9.52 Å². The lowest BCUT2D eigenvalue weighted by atomic mass is 10.0. The molecule has 3 amide bonds. The molecule has 0 aliphatic carbocycles. The molecule has 13 heteroatoms. The van der Waals surface area contributed by atoms with Gasteiger partial charge in [0.15, 0.2) is 0 Å². The van der Waals surface area contributed by atoms with Gasteiger partial charge in [0, 0.05) is 36.4 Å². The van der Waals surface area contributed by atoms with Crippen molar-refractivity contribution in [2.75, 3.05) is 43.9 Å². The van der Waals surface area contributed by atoms with E-state index in [1.165, 1.54) is 48.4 Å². The van der Waals surface area contributed by atoms with Crippen LogP contribution in [0.1, 0.15) is 19.4 Å². The average molecular weight is 629 g/mol. The van der Waals surface area contributed by atoms with Crippen molar-refractivity contribution in [1.82, 2.24) is 9.80 Å². The van der Waals surface area contributed by atoms with E-state index in [4.69, 9.17) is 9.47 Å². The van der Waals surface area contributed by atoms with E-state index in [1.54, 1.807) is 49.2 Å². The van der Waals surface area contributed by atoms with E-state index in [9.17, 15) is 27.5 Å². The van der Waals surface area contributed by atoms with Crippen LogP contribution in [-0.4, -0.2) is 81.3 Å². The van der Waals surface area contributed by atoms with Crippen molar-refractivity contribution >= 4 is 33.3 Å². The molecule has 1 aliphatic rings. The highest BCUT2D eigenvalue weighted by atomic mass is 32.2. The average Bonchev–Trinajstić information content (AvgIpc) is 3.05. The van der Waals surface area contributed by atoms with Gasteiger partial charge in [-0.25, -0.2) is 17.6 Å². The highest BCUT2D eigenvalue weighted by Gasteiger charge is 2.32. The standard InChI is InChI=1S/C31H37FN4O7S/c1-20-17-36(21(2)19-37)30(38)16-22-15-25(34-44(40,41)27-12-10-26(42-4)11-13-27)9-14-28(22)43-29(20)18-35(3)31(39)33-24-7-5-23(32)6-8-24/h5-15,20-21,29,34,37H,16-19H2,1-4H3,(H,33,39)/t20-,21+,29-/m1/s1. The number of anilines is 2. The quantitative estimate of drug-likeness (QED) is 0.326. The largest absolute Gasteiger partial charge is 0.497 e. The molecule has 0 spiro atoms. The number of methoxy groups -OCH3 is 1. The number of aliphatic hydroxyl groups is 1. The van der Waals surface area contributed by atoms with Gasteiger partial charge in [-0.15, -0.1) is 0 Å². The van der Waals surface area contributed by atoms with Crippen LogP contribution >= 0.6 is 0 Å². The molecule has 0 unspecified atom stereocenters. The van der Waals surface area contributed by atoms with Crippen LogP contribution in [0.3, 0.4) is 0 Å². The second-order valence-corrected chi connectivity index (χ2v) is 12.5. The lowest BCUT2D eigenvalue weighted by molar-refractivity contribution is -0.134. The number of carbonyl (C=O) groups is 2. The third-order valence-electron chi connectivity index (χ3n) is 7.43. The number of halogens is 1. The highest BCUT2D eigenvalue weighted by Crippen LogP contribution is 2.30. The van der Waals surface area contributed by atoms with Gasteiger partial charge in [0.1, 0.15) is 23.4 Å². The number of benzene rings is 3. The molecule has 0 bridgehead atoms. The van der Waals surface area contributed by atoms with Crippen LogP contribution in [0.5, 0.6) is 11.5 Å². The summed E-state index contributed by atoms with van der Waals surface area (Å²) in [4.78, 5) is 29.5. The highest BCUT2D eigenvalue weighted by molar-refractivity contribution is 7.92. The Morgan fingerprint density at radius 3 is 2.43 bits per heavy atom. The third-order valence-corrected chi connectivity index (χ3v) is 8.83. The Bertz CT molecular complexity index is 1570. The van der Waals surface area contributed by atoms with Gasteiger partial charge in [-0.2, -0.15) is 0 Å². The van der Waals surface area contributed by atoms with Gasteiger partial charge in [-0.05, 0) is 73.7 Å². The van der Waals surface area contributed by atoms with E-state index < -0.39 is 34.0 Å². The number of hydrogen-bond acceptors (Lipinski definition) is 7. The normalized spacial score (nSPS) is 17.7. The number of hydrogen-bond donors (Lipinski definition) is 3. The Balaban J connectivity index is 1.60. The number of likely N-dealkylation sites (N-methyl/N-ethyl adjacent to an activating group) is 1. The summed E-state index contributed by atoms with van der Waals surface area (Å²) < 4.78 is 53.5. The summed E-state index contributed by atoms with van der Waals surface area (Å²) in [5.41, 5.74) is 1.10. The Morgan fingerprint density at radius 2 is 1.80 bits per heavy atom. The van der Waals surface area contributed by atoms with E-state index in [1.807, 2.05) is 6.92 Å². The summed E-state index contributed by atoms with van der Waals surface area (Å²) in [6.07, 6.45) is -0.683. The number of carbonyl (C=O) groups excluding carboxylic acids is 2. The summed E-state index contributed by atoms with van der Waals surface area (Å²) in [5.74, 6) is -0.0698. The fourth-order valence-corrected chi connectivity index (χ4v) is 5.83. The van der Waals surface area contributed by atoms with Crippen molar-refractivity contribution < 1.29 is 37.0 Å². The minimum atomic E-state index is -3.95. The Morgan fingerprint density at radius 1 is 1.14 bits per heavy atom. The van der Waals surface area contributed by atoms with E-state index in [0.29, 0.717) is 22.7 Å². The molecule has 3 N–H and O–H groups in total. The van der Waals surface area contributed by atoms with Crippen LogP contribution in [0.2, 0.25) is 0 Å². The predicted molar refractivity (Wildman–Crippen MR) is 164 cm³/mol. The molecule has 11 nitrogen and oxygen atoms in total. The molecule has 0 saturated heterocycles. The lowest BCUT2D eigenvalue weighted by Gasteiger charge is -2.34. The number of fused-ring (bicyclic) bond motifs is 1. The van der Waals surface area contributed by atoms with Crippen molar-refractivity contribution in [3.05, 3.63) is 78.1 Å². The van der Waals surface area contributed by atoms with Crippen molar-refractivity contribution in [2.45, 2.75) is 37.3 Å². The third kappa shape index (κ3) is 7.97. The second kappa shape index (κ2) is 14.0. The number of aliphatic hydroxyl groups excluding tert-OH is 1. The minimum absolute atomic E-state index is 0.0351. The first-order valence-corrected chi connectivity index (χ1v) is 15.5. The van der Waals surface area contributed by atoms with Gasteiger partial charge in [-0.1, -0.05) is 6.92 Å². The van der Waals surface area contributed by atoms with E-state index in [-0.39, 0.29) is 48.5 Å². The van der Waals surface area contributed by atoms with Crippen LogP contribution < -0.4 is 19.5 Å². The summed E-state index contributed by atoms with van der Waals surface area (Å²) in [5, 5.41) is 12.6. The SMILES string of the molecule is COc1ccc(S(=O)(=O)Nc2ccc3c(c2)CC(=O)N([C@@H](C)CO)C[C@@H](C)[C@@H](CN(C)C(=O)Nc2ccc(F)cc2)O3)cc1. The molecule has 44 heavy (non-hydrogen) atoms. The number of rotatable bonds is 9. The summed E-state index contributed by atoms with van der Waals surface area (Å²) >= 11 is 0. The molecule has 3 atom stereocenters. The maximum Gasteiger partial charge on any atom is 0.321 e. The molecule has 0 saturated carbocycles. The molecule has 3 aromatic rings. The summed E-state index contributed by atoms with van der Waals surface area (Å²) in [7, 11) is -0.868. The monoisotopic (exact) mass is 628 g/mol. The van der Waals surface area contributed by atoms with Crippen LogP contribution in [0.25, 0.3) is 0 Å². The zero-order valence-electron chi connectivity index (χ0n) is 25.0. The van der Waals surface area contributed by atoms with Crippen molar-refractivity contribution in [3.8, 4) is 11.5 Å². The number of nitrogens with one attached hydrogen (secondary N) is 2. The maximum absolute atomic E-state index is 13.5. The summed E-state index contributed by atoms with van der Waals surface area (Å²) in [6.45, 7) is 3.77. The van der Waals surface area contributed by atoms with Crippen LogP contribution in [0.15, 0.2) is 71.6 Å². The Kier molecular flexibility index (Phi) is 10.3. The number of ether oxygens (including phenoxy) is 2. The van der Waals surface area contributed by atoms with E-state index in [2.05, 4.69) is 10.0 Å². The number of nitrogens with zero attached hydrogens (tertiary/aromatic N) is 2. The zero-order chi connectivity index (χ0) is 32.0. The molecular formula is C31H37FN4O7S. The molecule has 0 fully saturated rings. The molecule has 4 rings (SSSR count). The zero-order valence-corrected chi connectivity index (χ0v) is 25.8. The van der Waals surface area contributed by atoms with Gasteiger partial charge < -0.3 is 29.7 Å². The first kappa shape index (κ1) is 32.6. The fraction of sp³-hybridized carbons (Fsp3) is 0.355. The smallest absolute Gasteiger partial charge is 0.321 e. The topological polar surface area (TPSA) is 138 Å². The number of urea groups is 1. The fourth-order valence-electron chi connectivity index (χ4n) is 4.78. The number of amides is 3. The molecule has 0 radical (unpaired) electrons. The van der Waals surface area contributed by atoms with Crippen molar-refractivity contribution in [3.63, 3.8) is 0 Å². The molecule has 1 heterocycles. The van der Waals surface area contributed by atoms with Crippen molar-refractivity contribution in [1.29, 1.82) is 0 Å². The van der Waals surface area contributed by atoms with Crippen LogP contribution in [-0.2, 0) is 21.2 Å². The Hall–Kier alpha value is -4.36. The first-order valence-electron chi connectivity index (χ1n) is 14.0. The lowest BCUT2D eigenvalue weighted by Crippen LogP contribution is -2.48. The molecule has 0 aromatic heterocycles. The van der Waals surface area contributed by atoms with Crippen LogP contribution in [0, 0.1) is 11.7 Å².